The molecule has 96 heavy (non-hydrogen) atoms. The van der Waals surface area contributed by atoms with Crippen molar-refractivity contribution >= 4 is 47.6 Å². The van der Waals surface area contributed by atoms with Gasteiger partial charge in [-0.3, -0.25) is 28.8 Å². The second kappa shape index (κ2) is 35.8. The van der Waals surface area contributed by atoms with Gasteiger partial charge in [-0.2, -0.15) is 0 Å². The van der Waals surface area contributed by atoms with Crippen molar-refractivity contribution in [1.82, 2.24) is 72.5 Å². The van der Waals surface area contributed by atoms with E-state index in [0.29, 0.717) is 25.7 Å². The Kier molecular flexibility index (Phi) is 25.8. The monoisotopic (exact) mass is 1310 g/mol. The number of ether oxygens (including phenoxy) is 4. The van der Waals surface area contributed by atoms with Gasteiger partial charge >= 0.3 is 12.2 Å². The second-order valence-corrected chi connectivity index (χ2v) is 22.8. The number of nitrogens with zero attached hydrogens (tertiary/aromatic N) is 6. The van der Waals surface area contributed by atoms with Gasteiger partial charge in [0.25, 0.3) is 11.8 Å². The maximum absolute atomic E-state index is 14.9. The average molecular weight is 1310 g/mol. The molecule has 8 aromatic rings. The molecule has 26 heteroatoms. The number of carbonyl (C=O) groups excluding carboxylic acids is 8. The molecule has 9 rings (SSSR count). The zero-order valence-electron chi connectivity index (χ0n) is 53.3. The average Bonchev–Trinajstić information content (AvgIpc) is 1.87. The first-order valence-electron chi connectivity index (χ1n) is 31.7. The van der Waals surface area contributed by atoms with E-state index < -0.39 is 84.0 Å². The number of hydrogen-bond donors (Lipinski definition) is 8. The van der Waals surface area contributed by atoms with E-state index in [1.807, 2.05) is 121 Å². The molecular weight excluding hydrogens is 1230 g/mol. The minimum Gasteiger partial charge on any atom is -0.445 e. The molecule has 0 unspecified atom stereocenters. The summed E-state index contributed by atoms with van der Waals surface area (Å²) in [7, 11) is 0. The number of hydrogen-bond acceptors (Lipinski definition) is 16. The zero-order chi connectivity index (χ0) is 67.4. The number of benzene rings is 6. The van der Waals surface area contributed by atoms with Crippen LogP contribution in [0.25, 0.3) is 11.4 Å². The Labute approximate surface area is 555 Å². The van der Waals surface area contributed by atoms with Crippen molar-refractivity contribution in [1.29, 1.82) is 0 Å². The second-order valence-electron chi connectivity index (χ2n) is 22.8. The molecule has 3 heterocycles. The van der Waals surface area contributed by atoms with Gasteiger partial charge in [-0.05, 0) is 98.9 Å². The van der Waals surface area contributed by atoms with Gasteiger partial charge in [0.15, 0.2) is 0 Å². The third-order valence-corrected chi connectivity index (χ3v) is 15.6. The van der Waals surface area contributed by atoms with Crippen LogP contribution in [-0.4, -0.2) is 127 Å². The van der Waals surface area contributed by atoms with Crippen LogP contribution in [0.5, 0.6) is 0 Å². The fourth-order valence-electron chi connectivity index (χ4n) is 10.3. The molecule has 0 saturated carbocycles. The lowest BCUT2D eigenvalue weighted by atomic mass is 10.1. The molecule has 8 amide bonds. The van der Waals surface area contributed by atoms with E-state index in [0.717, 1.165) is 22.3 Å². The summed E-state index contributed by atoms with van der Waals surface area (Å²) in [6.45, 7) is 3.53. The lowest BCUT2D eigenvalue weighted by Crippen LogP contribution is -2.57. The van der Waals surface area contributed by atoms with Gasteiger partial charge in [-0.25, -0.2) is 19.0 Å². The first kappa shape index (κ1) is 69.2. The number of fused-ring (bicyclic) bond motifs is 8. The van der Waals surface area contributed by atoms with Crippen molar-refractivity contribution in [2.75, 3.05) is 13.1 Å². The van der Waals surface area contributed by atoms with Crippen LogP contribution in [0.15, 0.2) is 182 Å². The normalized spacial score (nSPS) is 17.1. The van der Waals surface area contributed by atoms with Crippen LogP contribution in [0.2, 0.25) is 0 Å². The van der Waals surface area contributed by atoms with Crippen LogP contribution in [0.1, 0.15) is 107 Å². The minimum atomic E-state index is -1.40. The van der Waals surface area contributed by atoms with E-state index in [1.165, 1.54) is 33.9 Å². The van der Waals surface area contributed by atoms with E-state index in [4.69, 9.17) is 18.9 Å². The number of amides is 8. The number of unbranched alkanes of at least 4 members (excludes halogenated alkanes) is 2. The number of alkyl carbamates (subject to hydrolysis) is 2. The third kappa shape index (κ3) is 20.9. The fourth-order valence-corrected chi connectivity index (χ4v) is 10.3. The largest absolute Gasteiger partial charge is 0.445 e. The molecule has 6 aromatic carbocycles. The van der Waals surface area contributed by atoms with Crippen LogP contribution in [0, 0.1) is 0 Å². The van der Waals surface area contributed by atoms with E-state index >= 15 is 0 Å². The van der Waals surface area contributed by atoms with Crippen molar-refractivity contribution in [3.8, 4) is 11.4 Å². The molecule has 0 fully saturated rings. The lowest BCUT2D eigenvalue weighted by molar-refractivity contribution is -0.132. The van der Waals surface area contributed by atoms with Crippen molar-refractivity contribution in [2.45, 2.75) is 128 Å². The summed E-state index contributed by atoms with van der Waals surface area (Å²) in [5.74, 6) is -4.14. The van der Waals surface area contributed by atoms with Crippen molar-refractivity contribution in [3.63, 3.8) is 0 Å². The maximum Gasteiger partial charge on any atom is 0.407 e. The molecule has 0 aliphatic carbocycles. The summed E-state index contributed by atoms with van der Waals surface area (Å²) in [4.78, 5) is 113. The van der Waals surface area contributed by atoms with Gasteiger partial charge < -0.3 is 61.5 Å². The molecule has 1 aliphatic rings. The van der Waals surface area contributed by atoms with Gasteiger partial charge in [0.05, 0.1) is 73.4 Å². The Bertz CT molecular complexity index is 3610. The standard InChI is InChI=1S/C70H78N14O12/c1-47(93-43-49-23-7-3-8-24-49)61-67(89)75-57(33-19-21-37-71-69(91)95-45-51-27-11-5-12-28-51)65(87)73-39-53-42-84(82-80-53)60-36-18-16-32-56(60)64(86)78-62(48(2)94-44-50-25-9-4-10-26-50)68(90)76-58(34-20-22-38-72-70(92)96-46-52-29-13-6-14-30-52)66(88)74-40-54-41-83(81-79-54)59-35-17-15-31-55(59)63(85)77-61/h3-18,23-32,35-36,41-42,47-48,57-58,61-62H,19-22,33-34,37-40,43-46H2,1-2H3,(H,71,91)(H,72,92)(H,73,87)(H,74,88)(H,75,89)(H,76,90)(H,77,85)(H,78,86)/t47-,48-,57+,58+,61-,62+/m1/s1. The molecule has 0 spiro atoms. The van der Waals surface area contributed by atoms with Crippen LogP contribution in [0.3, 0.4) is 0 Å². The Morgan fingerprint density at radius 1 is 0.448 bits per heavy atom. The molecule has 0 radical (unpaired) electrons. The smallest absolute Gasteiger partial charge is 0.407 e. The summed E-state index contributed by atoms with van der Waals surface area (Å²) in [6.07, 6.45) is 1.37. The van der Waals surface area contributed by atoms with Crippen molar-refractivity contribution in [2.24, 2.45) is 0 Å². The van der Waals surface area contributed by atoms with Crippen LogP contribution < -0.4 is 42.5 Å². The first-order valence-corrected chi connectivity index (χ1v) is 31.7. The Morgan fingerprint density at radius 2 is 0.792 bits per heavy atom. The number of rotatable bonds is 22. The lowest BCUT2D eigenvalue weighted by Gasteiger charge is -2.27. The quantitative estimate of drug-likeness (QED) is 0.0342. The summed E-state index contributed by atoms with van der Waals surface area (Å²) in [5, 5.41) is 39.9. The van der Waals surface area contributed by atoms with Gasteiger partial charge in [0.1, 0.15) is 48.8 Å². The molecular formula is C70H78N14O12. The van der Waals surface area contributed by atoms with E-state index in [1.54, 1.807) is 50.2 Å². The highest BCUT2D eigenvalue weighted by atomic mass is 16.6. The highest BCUT2D eigenvalue weighted by Crippen LogP contribution is 2.19. The Balaban J connectivity index is 0.992. The van der Waals surface area contributed by atoms with Crippen molar-refractivity contribution < 1.29 is 57.3 Å². The van der Waals surface area contributed by atoms with Crippen LogP contribution >= 0.6 is 0 Å². The highest BCUT2D eigenvalue weighted by Gasteiger charge is 2.35. The zero-order valence-corrected chi connectivity index (χ0v) is 53.3. The van der Waals surface area contributed by atoms with Gasteiger partial charge in [0.2, 0.25) is 23.6 Å². The Hall–Kier alpha value is -11.1. The van der Waals surface area contributed by atoms with Gasteiger partial charge in [0, 0.05) is 13.1 Å². The predicted octanol–water partition coefficient (Wildman–Crippen LogP) is 6.36. The van der Waals surface area contributed by atoms with Crippen molar-refractivity contribution in [3.05, 3.63) is 227 Å². The number of aromatic nitrogens is 6. The molecule has 8 N–H and O–H groups in total. The minimum absolute atomic E-state index is 0.0689. The van der Waals surface area contributed by atoms with Gasteiger partial charge in [-0.15, -0.1) is 10.2 Å². The number of para-hydroxylation sites is 2. The molecule has 2 aromatic heterocycles. The summed E-state index contributed by atoms with van der Waals surface area (Å²) in [5.41, 5.74) is 4.38. The van der Waals surface area contributed by atoms with Gasteiger partial charge in [-0.1, -0.05) is 156 Å². The van der Waals surface area contributed by atoms with Crippen LogP contribution in [-0.2, 0) is 77.6 Å². The fraction of sp³-hybridized carbons (Fsp3) is 0.314. The van der Waals surface area contributed by atoms with Crippen LogP contribution in [0.4, 0.5) is 9.59 Å². The first-order chi connectivity index (χ1) is 46.7. The molecule has 0 saturated heterocycles. The summed E-state index contributed by atoms with van der Waals surface area (Å²) >= 11 is 0. The third-order valence-electron chi connectivity index (χ3n) is 15.6. The molecule has 500 valence electrons. The molecule has 1 aliphatic heterocycles. The van der Waals surface area contributed by atoms with E-state index in [2.05, 4.69) is 63.2 Å². The highest BCUT2D eigenvalue weighted by molar-refractivity contribution is 6.02. The van der Waals surface area contributed by atoms with E-state index in [9.17, 15) is 38.4 Å². The molecule has 6 atom stereocenters. The SMILES string of the molecule is C[C@@H](OCc1ccccc1)[C@@H]1NC(=O)c2ccccc2-n2cc(nn2)CNC(=O)[C@H](CCCCNC(=O)OCc2ccccc2)NC(=O)[C@@H]([C@@H](C)OCc2ccccc2)NC(=O)c2ccccc2-n2cc(nn2)CNC(=O)[C@H](CCCCNC(=O)OCc2ccccc2)NC1=O. The summed E-state index contributed by atoms with van der Waals surface area (Å²) in [6, 6.07) is 44.6. The predicted molar refractivity (Wildman–Crippen MR) is 351 cm³/mol. The van der Waals surface area contributed by atoms with E-state index in [-0.39, 0.29) is 99.3 Å². The number of nitrogens with one attached hydrogen (secondary N) is 8. The summed E-state index contributed by atoms with van der Waals surface area (Å²) < 4.78 is 26.0. The molecule has 4 bridgehead atoms. The molecule has 26 nitrogen and oxygen atoms in total. The number of carbonyl (C=O) groups is 8. The topological polar surface area (TPSA) is 331 Å². The Morgan fingerprint density at radius 3 is 1.17 bits per heavy atom. The maximum atomic E-state index is 14.9.